The van der Waals surface area contributed by atoms with Crippen LogP contribution in [-0.2, 0) is 9.53 Å². The van der Waals surface area contributed by atoms with E-state index in [9.17, 15) is 9.90 Å². The highest BCUT2D eigenvalue weighted by Crippen LogP contribution is 2.38. The van der Waals surface area contributed by atoms with Gasteiger partial charge in [-0.3, -0.25) is 4.79 Å². The Morgan fingerprint density at radius 3 is 2.29 bits per heavy atom. The molecule has 0 aliphatic carbocycles. The monoisotopic (exact) mass is 338 g/mol. The van der Waals surface area contributed by atoms with Gasteiger partial charge in [-0.25, -0.2) is 0 Å². The summed E-state index contributed by atoms with van der Waals surface area (Å²) in [4.78, 5) is 12.2. The summed E-state index contributed by atoms with van der Waals surface area (Å²) in [6.07, 6.45) is -0.957. The van der Waals surface area contributed by atoms with E-state index in [0.29, 0.717) is 17.1 Å². The van der Waals surface area contributed by atoms with Crippen molar-refractivity contribution in [1.82, 2.24) is 0 Å². The van der Waals surface area contributed by atoms with Gasteiger partial charge in [-0.05, 0) is 56.9 Å². The summed E-state index contributed by atoms with van der Waals surface area (Å²) in [5, 5.41) is 10.8. The maximum absolute atomic E-state index is 12.2. The number of benzene rings is 1. The number of rotatable bonds is 8. The predicted octanol–water partition coefficient (Wildman–Crippen LogP) is 3.66. The van der Waals surface area contributed by atoms with Crippen molar-refractivity contribution in [3.63, 3.8) is 0 Å². The maximum Gasteiger partial charge on any atom is 0.312 e. The average Bonchev–Trinajstić information content (AvgIpc) is 2.48. The van der Waals surface area contributed by atoms with Crippen molar-refractivity contribution in [2.75, 3.05) is 13.7 Å². The molecule has 1 rings (SSSR count). The molecular weight excluding hydrogens is 308 g/mol. The largest absolute Gasteiger partial charge is 0.493 e. The van der Waals surface area contributed by atoms with Gasteiger partial charge in [0.05, 0.1) is 31.8 Å². The molecule has 0 fully saturated rings. The fraction of sp³-hybridized carbons (Fsp3) is 0.632. The highest BCUT2D eigenvalue weighted by atomic mass is 16.5. The Kier molecular flexibility index (Phi) is 7.55. The zero-order valence-electron chi connectivity index (χ0n) is 15.8. The van der Waals surface area contributed by atoms with E-state index < -0.39 is 12.0 Å². The lowest BCUT2D eigenvalue weighted by Gasteiger charge is -2.26. The minimum absolute atomic E-state index is 0.0105. The Morgan fingerprint density at radius 1 is 1.21 bits per heavy atom. The summed E-state index contributed by atoms with van der Waals surface area (Å²) in [7, 11) is 1.56. The molecule has 0 amide bonds. The van der Waals surface area contributed by atoms with Crippen molar-refractivity contribution in [3.8, 4) is 11.5 Å². The molecule has 0 heterocycles. The molecule has 0 radical (unpaired) electrons. The number of hydrogen-bond acceptors (Lipinski definition) is 5. The summed E-state index contributed by atoms with van der Waals surface area (Å²) < 4.78 is 16.3. The van der Waals surface area contributed by atoms with Gasteiger partial charge in [-0.15, -0.1) is 0 Å². The number of carbonyl (C=O) groups is 1. The summed E-state index contributed by atoms with van der Waals surface area (Å²) in [6, 6.07) is 3.56. The summed E-state index contributed by atoms with van der Waals surface area (Å²) >= 11 is 0. The van der Waals surface area contributed by atoms with Crippen LogP contribution in [0.25, 0.3) is 0 Å². The molecule has 0 spiro atoms. The van der Waals surface area contributed by atoms with Crippen LogP contribution in [0.3, 0.4) is 0 Å². The highest BCUT2D eigenvalue weighted by Gasteiger charge is 2.33. The average molecular weight is 338 g/mol. The van der Waals surface area contributed by atoms with Gasteiger partial charge in [-0.1, -0.05) is 13.8 Å². The standard InChI is InChI=1S/C19H30O5/c1-8-23-19(21)16(11(2)3)17(20)14-9-13(6)18(24-12(4)5)15(10-14)22-7/h9-12,16-17,20H,8H2,1-7H3. The van der Waals surface area contributed by atoms with Gasteiger partial charge in [0.1, 0.15) is 0 Å². The van der Waals surface area contributed by atoms with E-state index in [-0.39, 0.29) is 24.6 Å². The molecule has 0 aliphatic heterocycles. The Balaban J connectivity index is 3.24. The van der Waals surface area contributed by atoms with Gasteiger partial charge in [0.15, 0.2) is 11.5 Å². The SMILES string of the molecule is CCOC(=O)C(C(C)C)C(O)c1cc(C)c(OC(C)C)c(OC)c1. The number of esters is 1. The number of methoxy groups -OCH3 is 1. The van der Waals surface area contributed by atoms with Gasteiger partial charge in [0.2, 0.25) is 0 Å². The minimum atomic E-state index is -0.968. The minimum Gasteiger partial charge on any atom is -0.493 e. The number of aliphatic hydroxyl groups excluding tert-OH is 1. The molecule has 0 saturated carbocycles. The van der Waals surface area contributed by atoms with Crippen LogP contribution in [0.4, 0.5) is 0 Å². The zero-order valence-corrected chi connectivity index (χ0v) is 15.8. The van der Waals surface area contributed by atoms with E-state index in [4.69, 9.17) is 14.2 Å². The molecule has 136 valence electrons. The molecule has 1 aromatic rings. The molecule has 1 N–H and O–H groups in total. The van der Waals surface area contributed by atoms with Crippen LogP contribution in [0.5, 0.6) is 11.5 Å². The van der Waals surface area contributed by atoms with Crippen molar-refractivity contribution >= 4 is 5.97 Å². The molecule has 2 atom stereocenters. The van der Waals surface area contributed by atoms with Gasteiger partial charge >= 0.3 is 5.97 Å². The lowest BCUT2D eigenvalue weighted by Crippen LogP contribution is -2.29. The van der Waals surface area contributed by atoms with E-state index in [1.165, 1.54) is 0 Å². The van der Waals surface area contributed by atoms with Crippen LogP contribution < -0.4 is 9.47 Å². The van der Waals surface area contributed by atoms with Crippen molar-refractivity contribution in [3.05, 3.63) is 23.3 Å². The summed E-state index contributed by atoms with van der Waals surface area (Å²) in [5.74, 6) is 0.117. The fourth-order valence-corrected chi connectivity index (χ4v) is 2.69. The normalized spacial score (nSPS) is 13.8. The van der Waals surface area contributed by atoms with Crippen molar-refractivity contribution in [1.29, 1.82) is 0 Å². The molecule has 0 bridgehead atoms. The number of carbonyl (C=O) groups excluding carboxylic acids is 1. The van der Waals surface area contributed by atoms with Crippen LogP contribution in [0.2, 0.25) is 0 Å². The molecule has 1 aromatic carbocycles. The number of hydrogen-bond donors (Lipinski definition) is 1. The van der Waals surface area contributed by atoms with Gasteiger partial charge in [0.25, 0.3) is 0 Å². The topological polar surface area (TPSA) is 65.0 Å². The zero-order chi connectivity index (χ0) is 18.4. The van der Waals surface area contributed by atoms with Gasteiger partial charge in [-0.2, -0.15) is 0 Å². The first-order valence-electron chi connectivity index (χ1n) is 8.42. The fourth-order valence-electron chi connectivity index (χ4n) is 2.69. The second kappa shape index (κ2) is 8.92. The Labute approximate surface area is 144 Å². The third-order valence-electron chi connectivity index (χ3n) is 3.80. The van der Waals surface area contributed by atoms with Crippen LogP contribution in [-0.4, -0.2) is 30.9 Å². The van der Waals surface area contributed by atoms with Crippen molar-refractivity contribution < 1.29 is 24.1 Å². The summed E-state index contributed by atoms with van der Waals surface area (Å²) in [6.45, 7) is 11.6. The molecule has 0 aliphatic rings. The molecular formula is C19H30O5. The smallest absolute Gasteiger partial charge is 0.312 e. The third-order valence-corrected chi connectivity index (χ3v) is 3.80. The molecule has 0 aromatic heterocycles. The highest BCUT2D eigenvalue weighted by molar-refractivity contribution is 5.74. The lowest BCUT2D eigenvalue weighted by atomic mass is 9.86. The molecule has 5 nitrogen and oxygen atoms in total. The predicted molar refractivity (Wildman–Crippen MR) is 93.4 cm³/mol. The van der Waals surface area contributed by atoms with E-state index in [2.05, 4.69) is 0 Å². The van der Waals surface area contributed by atoms with Crippen molar-refractivity contribution in [2.45, 2.75) is 53.8 Å². The maximum atomic E-state index is 12.2. The molecule has 24 heavy (non-hydrogen) atoms. The number of aliphatic hydroxyl groups is 1. The van der Waals surface area contributed by atoms with E-state index >= 15 is 0 Å². The number of aryl methyl sites for hydroxylation is 1. The first kappa shape index (κ1) is 20.3. The first-order valence-corrected chi connectivity index (χ1v) is 8.42. The quantitative estimate of drug-likeness (QED) is 0.733. The second-order valence-corrected chi connectivity index (χ2v) is 6.50. The van der Waals surface area contributed by atoms with E-state index in [0.717, 1.165) is 5.56 Å². The lowest BCUT2D eigenvalue weighted by molar-refractivity contribution is -0.154. The third kappa shape index (κ3) is 4.87. The molecule has 0 saturated heterocycles. The van der Waals surface area contributed by atoms with Crippen LogP contribution in [0.1, 0.15) is 51.8 Å². The van der Waals surface area contributed by atoms with Gasteiger partial charge < -0.3 is 19.3 Å². The van der Waals surface area contributed by atoms with Crippen LogP contribution in [0, 0.1) is 18.8 Å². The molecule has 5 heteroatoms. The molecule has 2 unspecified atom stereocenters. The first-order chi connectivity index (χ1) is 11.2. The Morgan fingerprint density at radius 2 is 1.83 bits per heavy atom. The van der Waals surface area contributed by atoms with Crippen molar-refractivity contribution in [2.24, 2.45) is 11.8 Å². The van der Waals surface area contributed by atoms with E-state index in [1.807, 2.05) is 40.7 Å². The summed E-state index contributed by atoms with van der Waals surface area (Å²) in [5.41, 5.74) is 1.47. The van der Waals surface area contributed by atoms with Crippen LogP contribution in [0.15, 0.2) is 12.1 Å². The second-order valence-electron chi connectivity index (χ2n) is 6.50. The van der Waals surface area contributed by atoms with E-state index in [1.54, 1.807) is 20.1 Å². The Hall–Kier alpha value is -1.75. The van der Waals surface area contributed by atoms with Crippen LogP contribution >= 0.6 is 0 Å². The Bertz CT molecular complexity index is 551. The van der Waals surface area contributed by atoms with Gasteiger partial charge in [0, 0.05) is 0 Å². The number of ether oxygens (including phenoxy) is 3.